The molecule has 18 heavy (non-hydrogen) atoms. The van der Waals surface area contributed by atoms with E-state index in [2.05, 4.69) is 28.7 Å². The van der Waals surface area contributed by atoms with Crippen molar-refractivity contribution in [3.63, 3.8) is 0 Å². The van der Waals surface area contributed by atoms with E-state index in [0.29, 0.717) is 12.5 Å². The Kier molecular flexibility index (Phi) is 4.36. The monoisotopic (exact) mass is 259 g/mol. The van der Waals surface area contributed by atoms with E-state index >= 15 is 0 Å². The highest BCUT2D eigenvalue weighted by Gasteiger charge is 2.01. The van der Waals surface area contributed by atoms with Gasteiger partial charge in [-0.25, -0.2) is 4.99 Å². The van der Waals surface area contributed by atoms with Gasteiger partial charge in [-0.05, 0) is 35.6 Å². The lowest BCUT2D eigenvalue weighted by Crippen LogP contribution is -2.22. The second kappa shape index (κ2) is 6.21. The molecule has 1 aromatic heterocycles. The Hall–Kier alpha value is -1.81. The van der Waals surface area contributed by atoms with Gasteiger partial charge in [0.15, 0.2) is 5.96 Å². The van der Waals surface area contributed by atoms with Crippen LogP contribution in [0, 0.1) is 0 Å². The highest BCUT2D eigenvalue weighted by molar-refractivity contribution is 7.10. The fourth-order valence-electron chi connectivity index (χ4n) is 1.69. The fraction of sp³-hybridized carbons (Fsp3) is 0.214. The Bertz CT molecular complexity index is 517. The third-order valence-electron chi connectivity index (χ3n) is 2.66. The SMILES string of the molecule is CCc1ccsc1CN=C(N)Nc1ccccc1. The summed E-state index contributed by atoms with van der Waals surface area (Å²) in [7, 11) is 0. The summed E-state index contributed by atoms with van der Waals surface area (Å²) >= 11 is 1.73. The molecule has 0 atom stereocenters. The number of nitrogens with one attached hydrogen (secondary N) is 1. The van der Waals surface area contributed by atoms with Gasteiger partial charge in [0.1, 0.15) is 0 Å². The summed E-state index contributed by atoms with van der Waals surface area (Å²) in [6.45, 7) is 2.80. The molecule has 0 aliphatic heterocycles. The number of aryl methyl sites for hydroxylation is 1. The summed E-state index contributed by atoms with van der Waals surface area (Å²) in [6, 6.07) is 12.0. The number of nitrogens with two attached hydrogens (primary N) is 1. The van der Waals surface area contributed by atoms with Gasteiger partial charge in [-0.2, -0.15) is 0 Å². The number of guanidine groups is 1. The first-order valence-corrected chi connectivity index (χ1v) is 6.84. The van der Waals surface area contributed by atoms with E-state index in [1.54, 1.807) is 11.3 Å². The number of rotatable bonds is 4. The molecule has 0 unspecified atom stereocenters. The van der Waals surface area contributed by atoms with Crippen molar-refractivity contribution in [2.45, 2.75) is 19.9 Å². The Morgan fingerprint density at radius 3 is 2.78 bits per heavy atom. The molecule has 4 heteroatoms. The average molecular weight is 259 g/mol. The van der Waals surface area contributed by atoms with E-state index in [1.165, 1.54) is 10.4 Å². The Balaban J connectivity index is 1.97. The fourth-order valence-corrected chi connectivity index (χ4v) is 2.59. The lowest BCUT2D eigenvalue weighted by Gasteiger charge is -2.05. The van der Waals surface area contributed by atoms with Gasteiger partial charge in [0.2, 0.25) is 0 Å². The van der Waals surface area contributed by atoms with E-state index in [0.717, 1.165) is 12.1 Å². The van der Waals surface area contributed by atoms with Gasteiger partial charge < -0.3 is 11.1 Å². The van der Waals surface area contributed by atoms with Gasteiger partial charge in [0.25, 0.3) is 0 Å². The van der Waals surface area contributed by atoms with Crippen molar-refractivity contribution >= 4 is 23.0 Å². The maximum atomic E-state index is 5.86. The smallest absolute Gasteiger partial charge is 0.193 e. The van der Waals surface area contributed by atoms with E-state index in [9.17, 15) is 0 Å². The molecule has 3 nitrogen and oxygen atoms in total. The molecule has 2 aromatic rings. The first-order chi connectivity index (χ1) is 8.79. The van der Waals surface area contributed by atoms with Crippen LogP contribution in [-0.4, -0.2) is 5.96 Å². The van der Waals surface area contributed by atoms with Gasteiger partial charge in [0.05, 0.1) is 6.54 Å². The van der Waals surface area contributed by atoms with Crippen molar-refractivity contribution < 1.29 is 0 Å². The maximum Gasteiger partial charge on any atom is 0.193 e. The summed E-state index contributed by atoms with van der Waals surface area (Å²) in [5.41, 5.74) is 8.17. The summed E-state index contributed by atoms with van der Waals surface area (Å²) < 4.78 is 0. The molecule has 1 aromatic carbocycles. The molecule has 0 saturated carbocycles. The topological polar surface area (TPSA) is 50.4 Å². The summed E-state index contributed by atoms with van der Waals surface area (Å²) in [6.07, 6.45) is 1.04. The lowest BCUT2D eigenvalue weighted by molar-refractivity contribution is 1.03. The number of benzene rings is 1. The molecule has 0 fully saturated rings. The third kappa shape index (κ3) is 3.34. The number of para-hydroxylation sites is 1. The lowest BCUT2D eigenvalue weighted by atomic mass is 10.2. The van der Waals surface area contributed by atoms with Crippen LogP contribution in [0.4, 0.5) is 5.69 Å². The van der Waals surface area contributed by atoms with Crippen LogP contribution in [-0.2, 0) is 13.0 Å². The van der Waals surface area contributed by atoms with Crippen molar-refractivity contribution in [3.05, 3.63) is 52.2 Å². The first-order valence-electron chi connectivity index (χ1n) is 5.97. The molecule has 0 bridgehead atoms. The molecule has 2 rings (SSSR count). The summed E-state index contributed by atoms with van der Waals surface area (Å²) in [5.74, 6) is 0.455. The van der Waals surface area contributed by atoms with Crippen LogP contribution in [0.1, 0.15) is 17.4 Å². The second-order valence-electron chi connectivity index (χ2n) is 3.92. The second-order valence-corrected chi connectivity index (χ2v) is 4.92. The highest BCUT2D eigenvalue weighted by Crippen LogP contribution is 2.18. The minimum absolute atomic E-state index is 0.455. The van der Waals surface area contributed by atoms with Crippen LogP contribution in [0.5, 0.6) is 0 Å². The quantitative estimate of drug-likeness (QED) is 0.654. The largest absolute Gasteiger partial charge is 0.370 e. The highest BCUT2D eigenvalue weighted by atomic mass is 32.1. The zero-order valence-corrected chi connectivity index (χ0v) is 11.2. The minimum Gasteiger partial charge on any atom is -0.370 e. The Morgan fingerprint density at radius 2 is 2.06 bits per heavy atom. The number of hydrogen-bond acceptors (Lipinski definition) is 2. The molecular weight excluding hydrogens is 242 g/mol. The van der Waals surface area contributed by atoms with Gasteiger partial charge in [-0.15, -0.1) is 11.3 Å². The van der Waals surface area contributed by atoms with E-state index in [-0.39, 0.29) is 0 Å². The zero-order chi connectivity index (χ0) is 12.8. The first kappa shape index (κ1) is 12.6. The maximum absolute atomic E-state index is 5.86. The van der Waals surface area contributed by atoms with Crippen LogP contribution < -0.4 is 11.1 Å². The van der Waals surface area contributed by atoms with Gasteiger partial charge >= 0.3 is 0 Å². The molecule has 0 aliphatic carbocycles. The van der Waals surface area contributed by atoms with Crippen molar-refractivity contribution in [2.75, 3.05) is 5.32 Å². The molecule has 1 heterocycles. The minimum atomic E-state index is 0.455. The van der Waals surface area contributed by atoms with E-state index < -0.39 is 0 Å². The molecule has 0 spiro atoms. The van der Waals surface area contributed by atoms with Gasteiger partial charge in [-0.1, -0.05) is 25.1 Å². The molecule has 0 aliphatic rings. The predicted molar refractivity (Wildman–Crippen MR) is 79.1 cm³/mol. The third-order valence-corrected chi connectivity index (χ3v) is 3.61. The number of hydrogen-bond donors (Lipinski definition) is 2. The zero-order valence-electron chi connectivity index (χ0n) is 10.4. The van der Waals surface area contributed by atoms with Gasteiger partial charge in [-0.3, -0.25) is 0 Å². The number of anilines is 1. The molecule has 0 amide bonds. The number of thiophene rings is 1. The van der Waals surface area contributed by atoms with Crippen LogP contribution in [0.3, 0.4) is 0 Å². The normalized spacial score (nSPS) is 11.5. The standard InChI is InChI=1S/C14H17N3S/c1-2-11-8-9-18-13(11)10-16-14(15)17-12-6-4-3-5-7-12/h3-9H,2,10H2,1H3,(H3,15,16,17). The Labute approximate surface area is 111 Å². The van der Waals surface area contributed by atoms with Crippen LogP contribution in [0.15, 0.2) is 46.8 Å². The van der Waals surface area contributed by atoms with Crippen LogP contribution >= 0.6 is 11.3 Å². The summed E-state index contributed by atoms with van der Waals surface area (Å²) in [5, 5.41) is 5.18. The van der Waals surface area contributed by atoms with Crippen LogP contribution in [0.25, 0.3) is 0 Å². The number of aliphatic imine (C=N–C) groups is 1. The van der Waals surface area contributed by atoms with E-state index in [1.807, 2.05) is 30.3 Å². The van der Waals surface area contributed by atoms with Crippen LogP contribution in [0.2, 0.25) is 0 Å². The average Bonchev–Trinajstić information content (AvgIpc) is 2.85. The molecule has 0 radical (unpaired) electrons. The van der Waals surface area contributed by atoms with Crippen molar-refractivity contribution in [1.82, 2.24) is 0 Å². The molecule has 0 saturated heterocycles. The molecule has 3 N–H and O–H groups in total. The number of nitrogens with zero attached hydrogens (tertiary/aromatic N) is 1. The van der Waals surface area contributed by atoms with Gasteiger partial charge in [0, 0.05) is 10.6 Å². The predicted octanol–water partition coefficient (Wildman–Crippen LogP) is 3.24. The van der Waals surface area contributed by atoms with Crippen molar-refractivity contribution in [2.24, 2.45) is 10.7 Å². The van der Waals surface area contributed by atoms with Crippen molar-refractivity contribution in [1.29, 1.82) is 0 Å². The van der Waals surface area contributed by atoms with Crippen molar-refractivity contribution in [3.8, 4) is 0 Å². The summed E-state index contributed by atoms with van der Waals surface area (Å²) in [4.78, 5) is 5.65. The molecular formula is C14H17N3S. The molecule has 94 valence electrons. The van der Waals surface area contributed by atoms with E-state index in [4.69, 9.17) is 5.73 Å². The Morgan fingerprint density at radius 1 is 1.28 bits per heavy atom.